The molecule has 1 atom stereocenters. The summed E-state index contributed by atoms with van der Waals surface area (Å²) in [7, 11) is 0. The molecule has 0 spiro atoms. The van der Waals surface area contributed by atoms with Gasteiger partial charge in [0.25, 0.3) is 0 Å². The second-order valence-corrected chi connectivity index (χ2v) is 4.85. The van der Waals surface area contributed by atoms with Gasteiger partial charge in [-0.25, -0.2) is 0 Å². The SMILES string of the molecule is CCCC(c1cccs1)n1cnnc1CCl. The molecule has 2 rings (SSSR count). The van der Waals surface area contributed by atoms with Crippen molar-refractivity contribution in [2.24, 2.45) is 0 Å². The topological polar surface area (TPSA) is 30.7 Å². The average molecular weight is 256 g/mol. The number of aromatic nitrogens is 3. The Morgan fingerprint density at radius 3 is 3.06 bits per heavy atom. The predicted molar refractivity (Wildman–Crippen MR) is 66.9 cm³/mol. The van der Waals surface area contributed by atoms with Crippen LogP contribution in [-0.4, -0.2) is 14.8 Å². The van der Waals surface area contributed by atoms with Crippen LogP contribution in [-0.2, 0) is 5.88 Å². The summed E-state index contributed by atoms with van der Waals surface area (Å²) in [6, 6.07) is 4.56. The standard InChI is InChI=1S/C11H14ClN3S/c1-2-4-9(10-5-3-6-16-10)15-8-13-14-11(15)7-12/h3,5-6,8-9H,2,4,7H2,1H3. The van der Waals surface area contributed by atoms with E-state index >= 15 is 0 Å². The van der Waals surface area contributed by atoms with Gasteiger partial charge in [0, 0.05) is 4.88 Å². The highest BCUT2D eigenvalue weighted by Crippen LogP contribution is 2.28. The molecule has 0 saturated heterocycles. The summed E-state index contributed by atoms with van der Waals surface area (Å²) in [6.07, 6.45) is 3.99. The van der Waals surface area contributed by atoms with Crippen molar-refractivity contribution in [3.8, 4) is 0 Å². The molecule has 0 aromatic carbocycles. The van der Waals surface area contributed by atoms with Crippen LogP contribution in [0.2, 0.25) is 0 Å². The molecule has 0 saturated carbocycles. The summed E-state index contributed by atoms with van der Waals surface area (Å²) in [6.45, 7) is 2.19. The Kier molecular flexibility index (Phi) is 3.96. The molecule has 0 N–H and O–H groups in total. The molecule has 86 valence electrons. The van der Waals surface area contributed by atoms with E-state index in [4.69, 9.17) is 11.6 Å². The van der Waals surface area contributed by atoms with Crippen molar-refractivity contribution in [1.29, 1.82) is 0 Å². The van der Waals surface area contributed by atoms with E-state index in [-0.39, 0.29) is 0 Å². The molecule has 2 aromatic heterocycles. The normalized spacial score (nSPS) is 12.9. The van der Waals surface area contributed by atoms with Crippen LogP contribution in [0.15, 0.2) is 23.8 Å². The molecule has 0 amide bonds. The fourth-order valence-electron chi connectivity index (χ4n) is 1.80. The molecular formula is C11H14ClN3S. The third-order valence-corrected chi connectivity index (χ3v) is 3.75. The van der Waals surface area contributed by atoms with Crippen molar-refractivity contribution in [2.45, 2.75) is 31.7 Å². The number of thiophene rings is 1. The van der Waals surface area contributed by atoms with Gasteiger partial charge in [-0.2, -0.15) is 0 Å². The molecular weight excluding hydrogens is 242 g/mol. The van der Waals surface area contributed by atoms with E-state index in [1.165, 1.54) is 4.88 Å². The highest BCUT2D eigenvalue weighted by Gasteiger charge is 2.17. The van der Waals surface area contributed by atoms with Gasteiger partial charge in [-0.3, -0.25) is 0 Å². The molecule has 0 fully saturated rings. The second-order valence-electron chi connectivity index (χ2n) is 3.61. The summed E-state index contributed by atoms with van der Waals surface area (Å²) in [5, 5.41) is 10.1. The molecule has 16 heavy (non-hydrogen) atoms. The highest BCUT2D eigenvalue weighted by atomic mass is 35.5. The molecule has 2 heterocycles. The van der Waals surface area contributed by atoms with E-state index in [1.807, 2.05) is 0 Å². The summed E-state index contributed by atoms with van der Waals surface area (Å²) in [5.41, 5.74) is 0. The van der Waals surface area contributed by atoms with Crippen molar-refractivity contribution >= 4 is 22.9 Å². The molecule has 5 heteroatoms. The van der Waals surface area contributed by atoms with Crippen molar-refractivity contribution in [3.05, 3.63) is 34.5 Å². The predicted octanol–water partition coefficient (Wildman–Crippen LogP) is 3.47. The van der Waals surface area contributed by atoms with Crippen molar-refractivity contribution in [3.63, 3.8) is 0 Å². The van der Waals surface area contributed by atoms with E-state index < -0.39 is 0 Å². The number of halogens is 1. The first kappa shape index (κ1) is 11.6. The van der Waals surface area contributed by atoms with Crippen LogP contribution >= 0.6 is 22.9 Å². The highest BCUT2D eigenvalue weighted by molar-refractivity contribution is 7.10. The maximum atomic E-state index is 5.86. The zero-order chi connectivity index (χ0) is 11.4. The lowest BCUT2D eigenvalue weighted by Crippen LogP contribution is -2.11. The monoisotopic (exact) mass is 255 g/mol. The first-order valence-electron chi connectivity index (χ1n) is 5.34. The van der Waals surface area contributed by atoms with Crippen LogP contribution in [0.4, 0.5) is 0 Å². The van der Waals surface area contributed by atoms with Crippen molar-refractivity contribution in [1.82, 2.24) is 14.8 Å². The van der Waals surface area contributed by atoms with E-state index in [2.05, 4.69) is 39.2 Å². The van der Waals surface area contributed by atoms with Gasteiger partial charge in [0.15, 0.2) is 0 Å². The van der Waals surface area contributed by atoms with Gasteiger partial charge in [-0.1, -0.05) is 19.4 Å². The Morgan fingerprint density at radius 2 is 2.44 bits per heavy atom. The smallest absolute Gasteiger partial charge is 0.148 e. The van der Waals surface area contributed by atoms with Crippen LogP contribution in [0.5, 0.6) is 0 Å². The minimum Gasteiger partial charge on any atom is -0.308 e. The number of rotatable bonds is 5. The Labute approximate surface area is 104 Å². The third-order valence-electron chi connectivity index (χ3n) is 2.54. The fourth-order valence-corrected chi connectivity index (χ4v) is 2.85. The molecule has 0 bridgehead atoms. The van der Waals surface area contributed by atoms with Gasteiger partial charge in [0.2, 0.25) is 0 Å². The lowest BCUT2D eigenvalue weighted by atomic mass is 10.1. The minimum absolute atomic E-state index is 0.328. The van der Waals surface area contributed by atoms with Gasteiger partial charge in [0.05, 0.1) is 11.9 Å². The van der Waals surface area contributed by atoms with Gasteiger partial charge < -0.3 is 4.57 Å². The number of hydrogen-bond donors (Lipinski definition) is 0. The fraction of sp³-hybridized carbons (Fsp3) is 0.455. The van der Waals surface area contributed by atoms with E-state index in [1.54, 1.807) is 17.7 Å². The van der Waals surface area contributed by atoms with Crippen LogP contribution < -0.4 is 0 Å². The van der Waals surface area contributed by atoms with Gasteiger partial charge in [-0.05, 0) is 17.9 Å². The van der Waals surface area contributed by atoms with Gasteiger partial charge in [-0.15, -0.1) is 33.1 Å². The van der Waals surface area contributed by atoms with Crippen molar-refractivity contribution in [2.75, 3.05) is 0 Å². The average Bonchev–Trinajstić information content (AvgIpc) is 2.96. The van der Waals surface area contributed by atoms with Crippen LogP contribution in [0.1, 0.15) is 36.5 Å². The first-order valence-corrected chi connectivity index (χ1v) is 6.76. The van der Waals surface area contributed by atoms with Crippen molar-refractivity contribution < 1.29 is 0 Å². The quantitative estimate of drug-likeness (QED) is 0.766. The molecule has 0 aliphatic rings. The maximum absolute atomic E-state index is 5.86. The number of alkyl halides is 1. The Morgan fingerprint density at radius 1 is 1.56 bits per heavy atom. The molecule has 1 unspecified atom stereocenters. The lowest BCUT2D eigenvalue weighted by Gasteiger charge is -2.17. The zero-order valence-electron chi connectivity index (χ0n) is 9.14. The summed E-state index contributed by atoms with van der Waals surface area (Å²) in [4.78, 5) is 1.34. The molecule has 3 nitrogen and oxygen atoms in total. The molecule has 0 aliphatic carbocycles. The van der Waals surface area contributed by atoms with Crippen LogP contribution in [0, 0.1) is 0 Å². The van der Waals surface area contributed by atoms with Gasteiger partial charge >= 0.3 is 0 Å². The molecule has 0 aliphatic heterocycles. The number of hydrogen-bond acceptors (Lipinski definition) is 3. The number of nitrogens with zero attached hydrogens (tertiary/aromatic N) is 3. The zero-order valence-corrected chi connectivity index (χ0v) is 10.7. The summed E-state index contributed by atoms with van der Waals surface area (Å²) < 4.78 is 2.09. The second kappa shape index (κ2) is 5.46. The minimum atomic E-state index is 0.328. The van der Waals surface area contributed by atoms with E-state index in [9.17, 15) is 0 Å². The molecule has 2 aromatic rings. The van der Waals surface area contributed by atoms with E-state index in [0.29, 0.717) is 11.9 Å². The van der Waals surface area contributed by atoms with Crippen LogP contribution in [0.25, 0.3) is 0 Å². The van der Waals surface area contributed by atoms with E-state index in [0.717, 1.165) is 18.7 Å². The van der Waals surface area contributed by atoms with Crippen LogP contribution in [0.3, 0.4) is 0 Å². The van der Waals surface area contributed by atoms with Gasteiger partial charge in [0.1, 0.15) is 12.2 Å². The molecule has 0 radical (unpaired) electrons. The largest absolute Gasteiger partial charge is 0.308 e. The Hall–Kier alpha value is -0.870. The Bertz CT molecular complexity index is 424. The third kappa shape index (κ3) is 2.28. The maximum Gasteiger partial charge on any atom is 0.148 e. The lowest BCUT2D eigenvalue weighted by molar-refractivity contribution is 0.526. The first-order chi connectivity index (χ1) is 7.86. The Balaban J connectivity index is 2.33. The summed E-state index contributed by atoms with van der Waals surface area (Å²) in [5.74, 6) is 1.25. The summed E-state index contributed by atoms with van der Waals surface area (Å²) >= 11 is 7.63.